The molecule has 0 bridgehead atoms. The van der Waals surface area contributed by atoms with Crippen LogP contribution in [-0.2, 0) is 0 Å². The summed E-state index contributed by atoms with van der Waals surface area (Å²) < 4.78 is 11.2. The molecule has 1 N–H and O–H groups in total. The van der Waals surface area contributed by atoms with E-state index in [1.807, 2.05) is 6.92 Å². The van der Waals surface area contributed by atoms with Crippen molar-refractivity contribution in [3.63, 3.8) is 0 Å². The average molecular weight is 273 g/mol. The molecule has 0 radical (unpaired) electrons. The molecule has 5 nitrogen and oxygen atoms in total. The molecular weight excluding hydrogens is 258 g/mol. The lowest BCUT2D eigenvalue weighted by atomic mass is 10.2. The lowest BCUT2D eigenvalue weighted by Crippen LogP contribution is -1.99. The second-order valence-electron chi connectivity index (χ2n) is 4.09. The number of aromatic nitrogens is 1. The van der Waals surface area contributed by atoms with Gasteiger partial charge in [-0.15, -0.1) is 0 Å². The molecular formula is C15H15NO4. The first kappa shape index (κ1) is 13.9. The molecule has 5 heteroatoms. The van der Waals surface area contributed by atoms with E-state index in [9.17, 15) is 4.79 Å². The van der Waals surface area contributed by atoms with Crippen molar-refractivity contribution in [2.24, 2.45) is 0 Å². The minimum atomic E-state index is -0.971. The maximum absolute atomic E-state index is 10.8. The fraction of sp³-hybridized carbons (Fsp3) is 0.200. The van der Waals surface area contributed by atoms with Gasteiger partial charge < -0.3 is 14.6 Å². The number of ether oxygens (including phenoxy) is 2. The van der Waals surface area contributed by atoms with Gasteiger partial charge in [0.2, 0.25) is 0 Å². The standard InChI is InChI=1S/C15H15NO4/c1-2-10-19-13-4-3-9-16-14(13)20-12-7-5-11(6-8-12)15(17)18/h3-9H,2,10H2,1H3,(H,17,18). The number of benzene rings is 1. The number of aromatic carboxylic acids is 1. The molecule has 0 spiro atoms. The van der Waals surface area contributed by atoms with Crippen molar-refractivity contribution < 1.29 is 19.4 Å². The summed E-state index contributed by atoms with van der Waals surface area (Å²) in [7, 11) is 0. The van der Waals surface area contributed by atoms with Gasteiger partial charge in [-0.25, -0.2) is 9.78 Å². The maximum Gasteiger partial charge on any atom is 0.335 e. The minimum absolute atomic E-state index is 0.209. The Labute approximate surface area is 116 Å². The highest BCUT2D eigenvalue weighted by molar-refractivity contribution is 5.87. The van der Waals surface area contributed by atoms with Gasteiger partial charge in [-0.3, -0.25) is 0 Å². The summed E-state index contributed by atoms with van der Waals surface area (Å²) in [5.74, 6) is 0.470. The molecule has 0 aliphatic carbocycles. The van der Waals surface area contributed by atoms with Gasteiger partial charge in [0.25, 0.3) is 5.88 Å². The van der Waals surface area contributed by atoms with Gasteiger partial charge in [-0.1, -0.05) is 6.92 Å². The first-order valence-corrected chi connectivity index (χ1v) is 6.29. The molecule has 0 amide bonds. The van der Waals surface area contributed by atoms with E-state index in [1.54, 1.807) is 30.5 Å². The monoisotopic (exact) mass is 273 g/mol. The Morgan fingerprint density at radius 2 is 2.00 bits per heavy atom. The second kappa shape index (κ2) is 6.56. The van der Waals surface area contributed by atoms with Crippen LogP contribution in [0.2, 0.25) is 0 Å². The third-order valence-electron chi connectivity index (χ3n) is 2.51. The molecule has 2 rings (SSSR count). The number of hydrogen-bond acceptors (Lipinski definition) is 4. The predicted molar refractivity (Wildman–Crippen MR) is 73.5 cm³/mol. The van der Waals surface area contributed by atoms with Crippen LogP contribution in [0.5, 0.6) is 17.4 Å². The van der Waals surface area contributed by atoms with Crippen molar-refractivity contribution in [3.05, 3.63) is 48.2 Å². The molecule has 0 saturated carbocycles. The molecule has 0 aliphatic rings. The highest BCUT2D eigenvalue weighted by Crippen LogP contribution is 2.28. The van der Waals surface area contributed by atoms with Crippen molar-refractivity contribution >= 4 is 5.97 Å². The van der Waals surface area contributed by atoms with E-state index in [-0.39, 0.29) is 5.56 Å². The summed E-state index contributed by atoms with van der Waals surface area (Å²) in [6, 6.07) is 9.68. The molecule has 20 heavy (non-hydrogen) atoms. The second-order valence-corrected chi connectivity index (χ2v) is 4.09. The summed E-state index contributed by atoms with van der Waals surface area (Å²) in [5, 5.41) is 8.83. The zero-order chi connectivity index (χ0) is 14.4. The highest BCUT2D eigenvalue weighted by atomic mass is 16.5. The van der Waals surface area contributed by atoms with Crippen LogP contribution >= 0.6 is 0 Å². The lowest BCUT2D eigenvalue weighted by Gasteiger charge is -2.10. The van der Waals surface area contributed by atoms with Crippen LogP contribution in [-0.4, -0.2) is 22.7 Å². The molecule has 2 aromatic rings. The Morgan fingerprint density at radius 3 is 2.65 bits per heavy atom. The van der Waals surface area contributed by atoms with Crippen LogP contribution in [0.25, 0.3) is 0 Å². The molecule has 0 aliphatic heterocycles. The van der Waals surface area contributed by atoms with Crippen LogP contribution in [0.3, 0.4) is 0 Å². The van der Waals surface area contributed by atoms with Crippen molar-refractivity contribution in [3.8, 4) is 17.4 Å². The number of rotatable bonds is 6. The van der Waals surface area contributed by atoms with Crippen molar-refractivity contribution in [2.45, 2.75) is 13.3 Å². The van der Waals surface area contributed by atoms with E-state index in [2.05, 4.69) is 4.98 Å². The Bertz CT molecular complexity index is 581. The van der Waals surface area contributed by atoms with Gasteiger partial charge in [0.15, 0.2) is 5.75 Å². The quantitative estimate of drug-likeness (QED) is 0.874. The predicted octanol–water partition coefficient (Wildman–Crippen LogP) is 3.36. The largest absolute Gasteiger partial charge is 0.488 e. The van der Waals surface area contributed by atoms with Crippen molar-refractivity contribution in [1.29, 1.82) is 0 Å². The summed E-state index contributed by atoms with van der Waals surface area (Å²) in [4.78, 5) is 14.9. The number of nitrogens with zero attached hydrogens (tertiary/aromatic N) is 1. The molecule has 0 fully saturated rings. The smallest absolute Gasteiger partial charge is 0.335 e. The summed E-state index contributed by atoms with van der Waals surface area (Å²) in [5.41, 5.74) is 0.209. The normalized spacial score (nSPS) is 10.1. The van der Waals surface area contributed by atoms with Crippen LogP contribution in [0.15, 0.2) is 42.6 Å². The molecule has 0 unspecified atom stereocenters. The number of carbonyl (C=O) groups is 1. The van der Waals surface area contributed by atoms with E-state index in [1.165, 1.54) is 12.1 Å². The van der Waals surface area contributed by atoms with Gasteiger partial charge in [-0.2, -0.15) is 0 Å². The first-order chi connectivity index (χ1) is 9.70. The zero-order valence-electron chi connectivity index (χ0n) is 11.1. The maximum atomic E-state index is 10.8. The first-order valence-electron chi connectivity index (χ1n) is 6.29. The third-order valence-corrected chi connectivity index (χ3v) is 2.51. The van der Waals surface area contributed by atoms with E-state index in [0.29, 0.717) is 24.0 Å². The minimum Gasteiger partial charge on any atom is -0.488 e. The Hall–Kier alpha value is -2.56. The van der Waals surface area contributed by atoms with Gasteiger partial charge in [0, 0.05) is 6.20 Å². The van der Waals surface area contributed by atoms with Crippen LogP contribution in [0.4, 0.5) is 0 Å². The number of carboxylic acid groups (broad SMARTS) is 1. The van der Waals surface area contributed by atoms with Crippen LogP contribution in [0.1, 0.15) is 23.7 Å². The zero-order valence-corrected chi connectivity index (χ0v) is 11.1. The van der Waals surface area contributed by atoms with E-state index >= 15 is 0 Å². The van der Waals surface area contributed by atoms with Gasteiger partial charge in [0.1, 0.15) is 5.75 Å². The molecule has 0 saturated heterocycles. The Morgan fingerprint density at radius 1 is 1.25 bits per heavy atom. The lowest BCUT2D eigenvalue weighted by molar-refractivity contribution is 0.0697. The fourth-order valence-electron chi connectivity index (χ4n) is 1.55. The summed E-state index contributed by atoms with van der Waals surface area (Å²) in [6.07, 6.45) is 2.50. The van der Waals surface area contributed by atoms with Crippen molar-refractivity contribution in [2.75, 3.05) is 6.61 Å². The van der Waals surface area contributed by atoms with Crippen LogP contribution < -0.4 is 9.47 Å². The summed E-state index contributed by atoms with van der Waals surface area (Å²) in [6.45, 7) is 2.60. The Kier molecular flexibility index (Phi) is 4.55. The topological polar surface area (TPSA) is 68.7 Å². The molecule has 1 aromatic heterocycles. The van der Waals surface area contributed by atoms with Crippen LogP contribution in [0, 0.1) is 0 Å². The molecule has 0 atom stereocenters. The molecule has 104 valence electrons. The molecule has 1 aromatic carbocycles. The third kappa shape index (κ3) is 3.47. The number of pyridine rings is 1. The number of carboxylic acids is 1. The number of hydrogen-bond donors (Lipinski definition) is 1. The fourth-order valence-corrected chi connectivity index (χ4v) is 1.55. The average Bonchev–Trinajstić information content (AvgIpc) is 2.47. The van der Waals surface area contributed by atoms with E-state index in [4.69, 9.17) is 14.6 Å². The van der Waals surface area contributed by atoms with E-state index < -0.39 is 5.97 Å². The molecule has 1 heterocycles. The van der Waals surface area contributed by atoms with Gasteiger partial charge in [0.05, 0.1) is 12.2 Å². The van der Waals surface area contributed by atoms with Crippen molar-refractivity contribution in [1.82, 2.24) is 4.98 Å². The van der Waals surface area contributed by atoms with E-state index in [0.717, 1.165) is 6.42 Å². The summed E-state index contributed by atoms with van der Waals surface area (Å²) >= 11 is 0. The van der Waals surface area contributed by atoms with Gasteiger partial charge >= 0.3 is 5.97 Å². The SMILES string of the molecule is CCCOc1cccnc1Oc1ccc(C(=O)O)cc1. The highest BCUT2D eigenvalue weighted by Gasteiger charge is 2.08. The Balaban J connectivity index is 2.14. The van der Waals surface area contributed by atoms with Gasteiger partial charge in [-0.05, 0) is 42.8 Å².